The lowest BCUT2D eigenvalue weighted by Gasteiger charge is -2.33. The second-order valence-electron chi connectivity index (χ2n) is 3.82. The molecule has 0 spiro atoms. The molecule has 0 unspecified atom stereocenters. The van der Waals surface area contributed by atoms with Crippen LogP contribution in [-0.2, 0) is 0 Å². The number of nitrogens with zero attached hydrogens (tertiary/aromatic N) is 1. The van der Waals surface area contributed by atoms with Gasteiger partial charge in [-0.1, -0.05) is 34.6 Å². The van der Waals surface area contributed by atoms with Crippen LogP contribution in [0, 0.1) is 28.6 Å². The Morgan fingerprint density at radius 1 is 1.18 bits per heavy atom. The van der Waals surface area contributed by atoms with E-state index in [-0.39, 0.29) is 5.41 Å². The van der Waals surface area contributed by atoms with Gasteiger partial charge in [-0.05, 0) is 18.3 Å². The van der Waals surface area contributed by atoms with Gasteiger partial charge in [0.2, 0.25) is 0 Å². The Balaban J connectivity index is 4.65. The van der Waals surface area contributed by atoms with Crippen LogP contribution in [0.5, 0.6) is 0 Å². The van der Waals surface area contributed by atoms with E-state index in [0.717, 1.165) is 6.42 Å². The lowest BCUT2D eigenvalue weighted by atomic mass is 9.68. The van der Waals surface area contributed by atoms with Crippen molar-refractivity contribution in [3.05, 3.63) is 0 Å². The van der Waals surface area contributed by atoms with Gasteiger partial charge < -0.3 is 0 Å². The molecule has 0 rings (SSSR count). The molecule has 0 fully saturated rings. The van der Waals surface area contributed by atoms with E-state index in [9.17, 15) is 0 Å². The van der Waals surface area contributed by atoms with Crippen molar-refractivity contribution in [3.63, 3.8) is 0 Å². The summed E-state index contributed by atoms with van der Waals surface area (Å²) in [4.78, 5) is 0. The van der Waals surface area contributed by atoms with Crippen molar-refractivity contribution >= 4 is 0 Å². The summed E-state index contributed by atoms with van der Waals surface area (Å²) in [7, 11) is 0. The first-order valence-electron chi connectivity index (χ1n) is 4.42. The van der Waals surface area contributed by atoms with Crippen molar-refractivity contribution in [2.75, 3.05) is 0 Å². The van der Waals surface area contributed by atoms with E-state index in [0.29, 0.717) is 11.8 Å². The Morgan fingerprint density at radius 2 is 1.55 bits per heavy atom. The Kier molecular flexibility index (Phi) is 3.58. The molecule has 11 heavy (non-hydrogen) atoms. The van der Waals surface area contributed by atoms with Crippen molar-refractivity contribution in [1.29, 1.82) is 5.26 Å². The fourth-order valence-corrected chi connectivity index (χ4v) is 1.82. The summed E-state index contributed by atoms with van der Waals surface area (Å²) in [6, 6.07) is 2.46. The van der Waals surface area contributed by atoms with Crippen LogP contribution in [0.3, 0.4) is 0 Å². The van der Waals surface area contributed by atoms with Gasteiger partial charge in [0.1, 0.15) is 0 Å². The average molecular weight is 153 g/mol. The standard InChI is InChI=1S/C10H19N/c1-6-10(7-11,8(2)3)9(4)5/h8-9H,6H2,1-5H3. The fourth-order valence-electron chi connectivity index (χ4n) is 1.82. The molecule has 0 aromatic carbocycles. The summed E-state index contributed by atoms with van der Waals surface area (Å²) in [5.41, 5.74) is -0.111. The molecule has 0 atom stereocenters. The monoisotopic (exact) mass is 153 g/mol. The maximum absolute atomic E-state index is 9.07. The third-order valence-electron chi connectivity index (χ3n) is 2.85. The van der Waals surface area contributed by atoms with Gasteiger partial charge in [0.05, 0.1) is 11.5 Å². The molecule has 0 bridgehead atoms. The third kappa shape index (κ3) is 1.74. The lowest BCUT2D eigenvalue weighted by Crippen LogP contribution is -2.30. The fraction of sp³-hybridized carbons (Fsp3) is 0.900. The predicted molar refractivity (Wildman–Crippen MR) is 48.0 cm³/mol. The highest BCUT2D eigenvalue weighted by Crippen LogP contribution is 2.38. The van der Waals surface area contributed by atoms with Gasteiger partial charge >= 0.3 is 0 Å². The molecule has 0 aliphatic rings. The van der Waals surface area contributed by atoms with Gasteiger partial charge in [-0.25, -0.2) is 0 Å². The number of rotatable bonds is 3. The van der Waals surface area contributed by atoms with Crippen LogP contribution in [0.4, 0.5) is 0 Å². The molecule has 0 radical (unpaired) electrons. The maximum Gasteiger partial charge on any atom is 0.0695 e. The summed E-state index contributed by atoms with van der Waals surface area (Å²) >= 11 is 0. The van der Waals surface area contributed by atoms with E-state index >= 15 is 0 Å². The lowest BCUT2D eigenvalue weighted by molar-refractivity contribution is 0.182. The minimum atomic E-state index is -0.111. The molecule has 0 saturated carbocycles. The molecular formula is C10H19N. The van der Waals surface area contributed by atoms with Crippen LogP contribution in [0.1, 0.15) is 41.0 Å². The molecule has 0 aliphatic heterocycles. The van der Waals surface area contributed by atoms with E-state index in [4.69, 9.17) is 5.26 Å². The highest BCUT2D eigenvalue weighted by Gasteiger charge is 2.35. The summed E-state index contributed by atoms with van der Waals surface area (Å²) in [5, 5.41) is 9.07. The number of hydrogen-bond acceptors (Lipinski definition) is 1. The normalized spacial score (nSPS) is 12.2. The topological polar surface area (TPSA) is 23.8 Å². The highest BCUT2D eigenvalue weighted by atomic mass is 14.4. The molecule has 64 valence electrons. The summed E-state index contributed by atoms with van der Waals surface area (Å²) < 4.78 is 0. The van der Waals surface area contributed by atoms with Crippen LogP contribution < -0.4 is 0 Å². The molecule has 0 heterocycles. The SMILES string of the molecule is CCC(C#N)(C(C)C)C(C)C. The van der Waals surface area contributed by atoms with Gasteiger partial charge in [-0.2, -0.15) is 5.26 Å². The van der Waals surface area contributed by atoms with Gasteiger partial charge in [-0.3, -0.25) is 0 Å². The second-order valence-corrected chi connectivity index (χ2v) is 3.82. The summed E-state index contributed by atoms with van der Waals surface area (Å²) in [6.45, 7) is 10.6. The van der Waals surface area contributed by atoms with Crippen molar-refractivity contribution in [1.82, 2.24) is 0 Å². The zero-order valence-corrected chi connectivity index (χ0v) is 8.31. The Hall–Kier alpha value is -0.510. The van der Waals surface area contributed by atoms with Crippen molar-refractivity contribution in [3.8, 4) is 6.07 Å². The first-order chi connectivity index (χ1) is 5.01. The van der Waals surface area contributed by atoms with Crippen molar-refractivity contribution < 1.29 is 0 Å². The van der Waals surface area contributed by atoms with E-state index in [1.807, 2.05) is 0 Å². The second kappa shape index (κ2) is 3.76. The first kappa shape index (κ1) is 10.5. The van der Waals surface area contributed by atoms with E-state index in [1.54, 1.807) is 0 Å². The molecular weight excluding hydrogens is 134 g/mol. The summed E-state index contributed by atoms with van der Waals surface area (Å²) in [6.07, 6.45) is 0.957. The Bertz CT molecular complexity index is 143. The molecule has 0 saturated heterocycles. The largest absolute Gasteiger partial charge is 0.198 e. The minimum Gasteiger partial charge on any atom is -0.198 e. The maximum atomic E-state index is 9.07. The molecule has 0 amide bonds. The van der Waals surface area contributed by atoms with Crippen LogP contribution in [0.25, 0.3) is 0 Å². The predicted octanol–water partition coefficient (Wildman–Crippen LogP) is 3.22. The smallest absolute Gasteiger partial charge is 0.0695 e. The molecule has 1 nitrogen and oxygen atoms in total. The Labute approximate surface area is 70.4 Å². The number of nitriles is 1. The van der Waals surface area contributed by atoms with Gasteiger partial charge in [0, 0.05) is 0 Å². The van der Waals surface area contributed by atoms with E-state index in [1.165, 1.54) is 0 Å². The zero-order chi connectivity index (χ0) is 9.07. The average Bonchev–Trinajstić information content (AvgIpc) is 1.90. The first-order valence-corrected chi connectivity index (χ1v) is 4.42. The molecule has 0 aromatic heterocycles. The van der Waals surface area contributed by atoms with Crippen LogP contribution in [0.2, 0.25) is 0 Å². The van der Waals surface area contributed by atoms with Gasteiger partial charge in [0.15, 0.2) is 0 Å². The highest BCUT2D eigenvalue weighted by molar-refractivity contribution is 5.01. The molecule has 0 N–H and O–H groups in total. The van der Waals surface area contributed by atoms with Crippen LogP contribution in [0.15, 0.2) is 0 Å². The molecule has 0 aliphatic carbocycles. The van der Waals surface area contributed by atoms with E-state index < -0.39 is 0 Å². The van der Waals surface area contributed by atoms with Crippen molar-refractivity contribution in [2.45, 2.75) is 41.0 Å². The quantitative estimate of drug-likeness (QED) is 0.610. The number of hydrogen-bond donors (Lipinski definition) is 0. The summed E-state index contributed by atoms with van der Waals surface area (Å²) in [5.74, 6) is 0.912. The molecule has 0 aromatic rings. The van der Waals surface area contributed by atoms with E-state index in [2.05, 4.69) is 40.7 Å². The van der Waals surface area contributed by atoms with Crippen molar-refractivity contribution in [2.24, 2.45) is 17.3 Å². The van der Waals surface area contributed by atoms with Crippen LogP contribution in [-0.4, -0.2) is 0 Å². The molecule has 1 heteroatoms. The van der Waals surface area contributed by atoms with Gasteiger partial charge in [-0.15, -0.1) is 0 Å². The minimum absolute atomic E-state index is 0.111. The third-order valence-corrected chi connectivity index (χ3v) is 2.85. The van der Waals surface area contributed by atoms with Crippen LogP contribution >= 0.6 is 0 Å². The Morgan fingerprint density at radius 3 is 1.55 bits per heavy atom. The van der Waals surface area contributed by atoms with Gasteiger partial charge in [0.25, 0.3) is 0 Å². The zero-order valence-electron chi connectivity index (χ0n) is 8.31.